The zero-order valence-corrected chi connectivity index (χ0v) is 16.2. The highest BCUT2D eigenvalue weighted by Crippen LogP contribution is 2.11. The number of rotatable bonds is 6. The topological polar surface area (TPSA) is 81.8 Å². The van der Waals surface area contributed by atoms with E-state index >= 15 is 0 Å². The number of anilines is 1. The van der Waals surface area contributed by atoms with Crippen LogP contribution in [0.2, 0.25) is 0 Å². The first-order chi connectivity index (χ1) is 12.8. The second kappa shape index (κ2) is 9.87. The quantitative estimate of drug-likeness (QED) is 0.738. The summed E-state index contributed by atoms with van der Waals surface area (Å²) in [6.07, 6.45) is 3.33. The lowest BCUT2D eigenvalue weighted by atomic mass is 10.2. The van der Waals surface area contributed by atoms with Gasteiger partial charge in [0.05, 0.1) is 6.54 Å². The minimum atomic E-state index is -0.116. The van der Waals surface area contributed by atoms with E-state index in [4.69, 9.17) is 0 Å². The van der Waals surface area contributed by atoms with E-state index in [1.807, 2.05) is 26.0 Å². The maximum absolute atomic E-state index is 12.3. The summed E-state index contributed by atoms with van der Waals surface area (Å²) in [4.78, 5) is 39.0. The van der Waals surface area contributed by atoms with Crippen LogP contribution in [0.15, 0.2) is 30.3 Å². The maximum atomic E-state index is 12.3. The molecule has 1 saturated heterocycles. The molecule has 7 heteroatoms. The fraction of sp³-hybridized carbons (Fsp3) is 0.450. The molecule has 1 aromatic carbocycles. The minimum Gasteiger partial charge on any atom is -0.353 e. The number of carbonyl (C=O) groups is 3. The predicted octanol–water partition coefficient (Wildman–Crippen LogP) is 1.33. The van der Waals surface area contributed by atoms with Gasteiger partial charge in [0, 0.05) is 50.9 Å². The first-order valence-electron chi connectivity index (χ1n) is 9.20. The molecule has 0 unspecified atom stereocenters. The Bertz CT molecular complexity index is 690. The Balaban J connectivity index is 1.79. The van der Waals surface area contributed by atoms with Gasteiger partial charge in [0.25, 0.3) is 0 Å². The molecule has 0 saturated carbocycles. The molecule has 1 fully saturated rings. The van der Waals surface area contributed by atoms with Crippen molar-refractivity contribution in [2.24, 2.45) is 0 Å². The van der Waals surface area contributed by atoms with E-state index < -0.39 is 0 Å². The van der Waals surface area contributed by atoms with Crippen molar-refractivity contribution in [3.63, 3.8) is 0 Å². The fourth-order valence-electron chi connectivity index (χ4n) is 2.85. The molecule has 0 aromatic heterocycles. The van der Waals surface area contributed by atoms with Gasteiger partial charge in [-0.25, -0.2) is 0 Å². The number of amides is 3. The molecule has 1 heterocycles. The molecule has 1 aromatic rings. The molecule has 0 atom stereocenters. The smallest absolute Gasteiger partial charge is 0.246 e. The van der Waals surface area contributed by atoms with Gasteiger partial charge < -0.3 is 15.5 Å². The second-order valence-electron chi connectivity index (χ2n) is 6.96. The lowest BCUT2D eigenvalue weighted by Crippen LogP contribution is -2.51. The lowest BCUT2D eigenvalue weighted by molar-refractivity contribution is -0.128. The Labute approximate surface area is 160 Å². The van der Waals surface area contributed by atoms with Crippen LogP contribution in [-0.4, -0.2) is 66.3 Å². The van der Waals surface area contributed by atoms with E-state index in [-0.39, 0.29) is 23.8 Å². The predicted molar refractivity (Wildman–Crippen MR) is 106 cm³/mol. The van der Waals surface area contributed by atoms with Crippen molar-refractivity contribution < 1.29 is 14.4 Å². The summed E-state index contributed by atoms with van der Waals surface area (Å²) in [5.41, 5.74) is 1.62. The summed E-state index contributed by atoms with van der Waals surface area (Å²) in [5, 5.41) is 5.59. The average Bonchev–Trinajstić information content (AvgIpc) is 2.60. The van der Waals surface area contributed by atoms with Crippen molar-refractivity contribution in [1.29, 1.82) is 0 Å². The van der Waals surface area contributed by atoms with Gasteiger partial charge in [0.2, 0.25) is 17.7 Å². The first kappa shape index (κ1) is 20.6. The summed E-state index contributed by atoms with van der Waals surface area (Å²) < 4.78 is 0. The Kier molecular flexibility index (Phi) is 7.55. The zero-order valence-electron chi connectivity index (χ0n) is 16.2. The van der Waals surface area contributed by atoms with Gasteiger partial charge in [-0.3, -0.25) is 19.3 Å². The summed E-state index contributed by atoms with van der Waals surface area (Å²) in [6.45, 7) is 8.31. The highest BCUT2D eigenvalue weighted by atomic mass is 16.2. The Hall–Kier alpha value is -2.67. The molecule has 3 amide bonds. The van der Waals surface area contributed by atoms with E-state index in [9.17, 15) is 14.4 Å². The SMILES string of the molecule is CC(=O)Nc1ccc(/C=C/C(=O)N2CCN(CC(=O)NC(C)C)CC2)cc1. The third-order valence-corrected chi connectivity index (χ3v) is 4.15. The monoisotopic (exact) mass is 372 g/mol. The van der Waals surface area contributed by atoms with Crippen LogP contribution < -0.4 is 10.6 Å². The summed E-state index contributed by atoms with van der Waals surface area (Å²) >= 11 is 0. The maximum Gasteiger partial charge on any atom is 0.246 e. The Morgan fingerprint density at radius 3 is 2.26 bits per heavy atom. The van der Waals surface area contributed by atoms with Crippen molar-refractivity contribution in [2.75, 3.05) is 38.0 Å². The molecular weight excluding hydrogens is 344 g/mol. The molecule has 0 radical (unpaired) electrons. The zero-order chi connectivity index (χ0) is 19.8. The third kappa shape index (κ3) is 7.22. The number of hydrogen-bond donors (Lipinski definition) is 2. The standard InChI is InChI=1S/C20H28N4O3/c1-15(2)21-19(26)14-23-10-12-24(13-11-23)20(27)9-6-17-4-7-18(8-5-17)22-16(3)25/h4-9,15H,10-14H2,1-3H3,(H,21,26)(H,22,25)/b9-6+. The molecule has 2 rings (SSSR count). The van der Waals surface area contributed by atoms with Gasteiger partial charge in [0.1, 0.15) is 0 Å². The van der Waals surface area contributed by atoms with Crippen LogP contribution in [0.3, 0.4) is 0 Å². The van der Waals surface area contributed by atoms with E-state index in [1.165, 1.54) is 6.92 Å². The van der Waals surface area contributed by atoms with Gasteiger partial charge in [-0.05, 0) is 37.6 Å². The fourth-order valence-corrected chi connectivity index (χ4v) is 2.85. The molecular formula is C20H28N4O3. The number of hydrogen-bond acceptors (Lipinski definition) is 4. The number of nitrogens with zero attached hydrogens (tertiary/aromatic N) is 2. The van der Waals surface area contributed by atoms with E-state index in [0.29, 0.717) is 32.7 Å². The van der Waals surface area contributed by atoms with Crippen LogP contribution in [0.4, 0.5) is 5.69 Å². The molecule has 0 spiro atoms. The van der Waals surface area contributed by atoms with Crippen molar-refractivity contribution in [2.45, 2.75) is 26.8 Å². The number of carbonyl (C=O) groups excluding carboxylic acids is 3. The van der Waals surface area contributed by atoms with Gasteiger partial charge in [-0.1, -0.05) is 12.1 Å². The van der Waals surface area contributed by atoms with Gasteiger partial charge in [0.15, 0.2) is 0 Å². The molecule has 27 heavy (non-hydrogen) atoms. The second-order valence-corrected chi connectivity index (χ2v) is 6.96. The normalized spacial score (nSPS) is 15.2. The third-order valence-electron chi connectivity index (χ3n) is 4.15. The Morgan fingerprint density at radius 2 is 1.70 bits per heavy atom. The molecule has 1 aliphatic heterocycles. The van der Waals surface area contributed by atoms with Gasteiger partial charge >= 0.3 is 0 Å². The summed E-state index contributed by atoms with van der Waals surface area (Å²) in [5.74, 6) is -0.131. The number of piperazine rings is 1. The van der Waals surface area contributed by atoms with Crippen LogP contribution in [0.25, 0.3) is 6.08 Å². The van der Waals surface area contributed by atoms with E-state index in [1.54, 1.807) is 29.2 Å². The van der Waals surface area contributed by atoms with Crippen LogP contribution in [0, 0.1) is 0 Å². The summed E-state index contributed by atoms with van der Waals surface area (Å²) in [7, 11) is 0. The molecule has 7 nitrogen and oxygen atoms in total. The highest BCUT2D eigenvalue weighted by molar-refractivity contribution is 5.92. The van der Waals surface area contributed by atoms with Crippen molar-refractivity contribution in [1.82, 2.24) is 15.1 Å². The van der Waals surface area contributed by atoms with Crippen LogP contribution in [0.1, 0.15) is 26.3 Å². The van der Waals surface area contributed by atoms with Crippen molar-refractivity contribution in [3.05, 3.63) is 35.9 Å². The van der Waals surface area contributed by atoms with Crippen LogP contribution in [-0.2, 0) is 14.4 Å². The molecule has 2 N–H and O–H groups in total. The lowest BCUT2D eigenvalue weighted by Gasteiger charge is -2.33. The molecule has 0 bridgehead atoms. The molecule has 146 valence electrons. The summed E-state index contributed by atoms with van der Waals surface area (Å²) in [6, 6.07) is 7.43. The highest BCUT2D eigenvalue weighted by Gasteiger charge is 2.21. The molecule has 0 aliphatic carbocycles. The van der Waals surface area contributed by atoms with Gasteiger partial charge in [-0.15, -0.1) is 0 Å². The van der Waals surface area contributed by atoms with Crippen molar-refractivity contribution >= 4 is 29.5 Å². The first-order valence-corrected chi connectivity index (χ1v) is 9.20. The largest absolute Gasteiger partial charge is 0.353 e. The van der Waals surface area contributed by atoms with Crippen molar-refractivity contribution in [3.8, 4) is 0 Å². The van der Waals surface area contributed by atoms with E-state index in [0.717, 1.165) is 11.3 Å². The average molecular weight is 372 g/mol. The number of benzene rings is 1. The minimum absolute atomic E-state index is 0.0207. The Morgan fingerprint density at radius 1 is 1.07 bits per heavy atom. The van der Waals surface area contributed by atoms with Crippen LogP contribution in [0.5, 0.6) is 0 Å². The van der Waals surface area contributed by atoms with Gasteiger partial charge in [-0.2, -0.15) is 0 Å². The molecule has 1 aliphatic rings. The van der Waals surface area contributed by atoms with E-state index in [2.05, 4.69) is 15.5 Å². The number of nitrogens with one attached hydrogen (secondary N) is 2. The van der Waals surface area contributed by atoms with Crippen LogP contribution >= 0.6 is 0 Å².